The van der Waals surface area contributed by atoms with Crippen LogP contribution in [-0.2, 0) is 11.3 Å². The molecule has 5 nitrogen and oxygen atoms in total. The van der Waals surface area contributed by atoms with Crippen LogP contribution in [0.5, 0.6) is 5.75 Å². The Morgan fingerprint density at radius 2 is 2.12 bits per heavy atom. The number of nitrogens with one attached hydrogen (secondary N) is 1. The summed E-state index contributed by atoms with van der Waals surface area (Å²) in [5.74, 6) is 1.53. The van der Waals surface area contributed by atoms with Crippen LogP contribution in [0, 0.1) is 19.8 Å². The third kappa shape index (κ3) is 3.96. The Morgan fingerprint density at radius 1 is 1.38 bits per heavy atom. The van der Waals surface area contributed by atoms with E-state index in [2.05, 4.69) is 10.4 Å². The van der Waals surface area contributed by atoms with Crippen molar-refractivity contribution >= 4 is 5.91 Å². The zero-order valence-corrected chi connectivity index (χ0v) is 14.6. The summed E-state index contributed by atoms with van der Waals surface area (Å²) in [5, 5.41) is 7.39. The number of hydrogen-bond donors (Lipinski definition) is 1. The summed E-state index contributed by atoms with van der Waals surface area (Å²) in [6.07, 6.45) is 2.53. The minimum Gasteiger partial charge on any atom is -0.493 e. The number of amides is 1. The molecular weight excluding hydrogens is 302 g/mol. The highest BCUT2D eigenvalue weighted by atomic mass is 16.5. The molecule has 5 heteroatoms. The Hall–Kier alpha value is -2.30. The highest BCUT2D eigenvalue weighted by Gasteiger charge is 2.22. The van der Waals surface area contributed by atoms with Crippen molar-refractivity contribution in [2.75, 3.05) is 6.61 Å². The summed E-state index contributed by atoms with van der Waals surface area (Å²) >= 11 is 0. The molecule has 1 fully saturated rings. The number of benzene rings is 1. The van der Waals surface area contributed by atoms with Crippen LogP contribution in [-0.4, -0.2) is 22.3 Å². The van der Waals surface area contributed by atoms with Crippen LogP contribution in [0.25, 0.3) is 0 Å². The molecule has 1 aromatic heterocycles. The van der Waals surface area contributed by atoms with Crippen LogP contribution in [0.15, 0.2) is 30.3 Å². The van der Waals surface area contributed by atoms with E-state index in [0.717, 1.165) is 29.3 Å². The number of carbonyl (C=O) groups is 1. The van der Waals surface area contributed by atoms with Crippen molar-refractivity contribution in [3.63, 3.8) is 0 Å². The number of aryl methyl sites for hydroxylation is 2. The molecule has 1 N–H and O–H groups in total. The molecular formula is C19H25N3O2. The number of aromatic nitrogens is 2. The minimum absolute atomic E-state index is 0.0433. The zero-order chi connectivity index (χ0) is 17.1. The molecule has 0 saturated heterocycles. The standard InChI is InChI=1S/C19H25N3O2/c1-13-10-14(2)22(21-13)15(3)19(23)20-11-17-6-4-5-7-18(17)24-12-16-8-9-16/h4-7,10,15-16H,8-9,11-12H2,1-3H3,(H,20,23)/t15-/m0/s1. The van der Waals surface area contributed by atoms with Gasteiger partial charge in [-0.25, -0.2) is 0 Å². The summed E-state index contributed by atoms with van der Waals surface area (Å²) in [7, 11) is 0. The monoisotopic (exact) mass is 327 g/mol. The molecule has 128 valence electrons. The molecule has 0 unspecified atom stereocenters. The Morgan fingerprint density at radius 3 is 2.79 bits per heavy atom. The van der Waals surface area contributed by atoms with E-state index < -0.39 is 0 Å². The second-order valence-corrected chi connectivity index (χ2v) is 6.63. The van der Waals surface area contributed by atoms with Crippen molar-refractivity contribution in [2.24, 2.45) is 5.92 Å². The third-order valence-electron chi connectivity index (χ3n) is 4.39. The molecule has 0 spiro atoms. The number of hydrogen-bond acceptors (Lipinski definition) is 3. The van der Waals surface area contributed by atoms with Crippen LogP contribution in [0.3, 0.4) is 0 Å². The molecule has 1 aliphatic carbocycles. The van der Waals surface area contributed by atoms with Crippen molar-refractivity contribution in [3.05, 3.63) is 47.3 Å². The number of ether oxygens (including phenoxy) is 1. The number of nitrogens with zero attached hydrogens (tertiary/aromatic N) is 2. The van der Waals surface area contributed by atoms with Gasteiger partial charge >= 0.3 is 0 Å². The smallest absolute Gasteiger partial charge is 0.244 e. The third-order valence-corrected chi connectivity index (χ3v) is 4.39. The first kappa shape index (κ1) is 16.6. The van der Waals surface area contributed by atoms with Crippen LogP contribution in [0.2, 0.25) is 0 Å². The van der Waals surface area contributed by atoms with E-state index in [9.17, 15) is 4.79 Å². The van der Waals surface area contributed by atoms with E-state index >= 15 is 0 Å². The van der Waals surface area contributed by atoms with Crippen molar-refractivity contribution < 1.29 is 9.53 Å². The fraction of sp³-hybridized carbons (Fsp3) is 0.474. The van der Waals surface area contributed by atoms with Gasteiger partial charge in [0.05, 0.1) is 12.3 Å². The van der Waals surface area contributed by atoms with Crippen molar-refractivity contribution in [2.45, 2.75) is 46.2 Å². The van der Waals surface area contributed by atoms with Gasteiger partial charge in [-0.15, -0.1) is 0 Å². The average molecular weight is 327 g/mol. The number of para-hydroxylation sites is 1. The molecule has 1 amide bonds. The molecule has 1 atom stereocenters. The molecule has 0 bridgehead atoms. The summed E-state index contributed by atoms with van der Waals surface area (Å²) in [6.45, 7) is 6.99. The summed E-state index contributed by atoms with van der Waals surface area (Å²) in [5.41, 5.74) is 2.92. The van der Waals surface area contributed by atoms with Gasteiger partial charge in [0.25, 0.3) is 0 Å². The SMILES string of the molecule is Cc1cc(C)n([C@@H](C)C(=O)NCc2ccccc2OCC2CC2)n1. The topological polar surface area (TPSA) is 56.2 Å². The lowest BCUT2D eigenvalue weighted by Gasteiger charge is -2.16. The van der Waals surface area contributed by atoms with E-state index in [1.54, 1.807) is 4.68 Å². The van der Waals surface area contributed by atoms with Gasteiger partial charge in [-0.2, -0.15) is 5.10 Å². The van der Waals surface area contributed by atoms with E-state index in [1.165, 1.54) is 12.8 Å². The van der Waals surface area contributed by atoms with Gasteiger partial charge in [-0.05, 0) is 51.7 Å². The van der Waals surface area contributed by atoms with Crippen molar-refractivity contribution in [3.8, 4) is 5.75 Å². The van der Waals surface area contributed by atoms with Gasteiger partial charge in [0.15, 0.2) is 0 Å². The van der Waals surface area contributed by atoms with E-state index in [0.29, 0.717) is 12.5 Å². The van der Waals surface area contributed by atoms with Gasteiger partial charge in [-0.3, -0.25) is 9.48 Å². The summed E-state index contributed by atoms with van der Waals surface area (Å²) < 4.78 is 7.66. The Kier molecular flexibility index (Phi) is 4.88. The molecule has 0 aliphatic heterocycles. The molecule has 24 heavy (non-hydrogen) atoms. The van der Waals surface area contributed by atoms with E-state index in [-0.39, 0.29) is 11.9 Å². The first-order valence-corrected chi connectivity index (χ1v) is 8.55. The first-order valence-electron chi connectivity index (χ1n) is 8.55. The molecule has 1 heterocycles. The van der Waals surface area contributed by atoms with Gasteiger partial charge in [0.1, 0.15) is 11.8 Å². The minimum atomic E-state index is -0.335. The van der Waals surface area contributed by atoms with Crippen LogP contribution >= 0.6 is 0 Å². The lowest BCUT2D eigenvalue weighted by molar-refractivity contribution is -0.124. The lowest BCUT2D eigenvalue weighted by atomic mass is 10.2. The largest absolute Gasteiger partial charge is 0.493 e. The number of rotatable bonds is 7. The second kappa shape index (κ2) is 7.07. The molecule has 3 rings (SSSR count). The fourth-order valence-electron chi connectivity index (χ4n) is 2.76. The predicted octanol–water partition coefficient (Wildman–Crippen LogP) is 3.17. The summed E-state index contributed by atoms with van der Waals surface area (Å²) in [6, 6.07) is 9.54. The zero-order valence-electron chi connectivity index (χ0n) is 14.6. The highest BCUT2D eigenvalue weighted by molar-refractivity contribution is 5.79. The van der Waals surface area contributed by atoms with Crippen molar-refractivity contribution in [1.82, 2.24) is 15.1 Å². The molecule has 2 aromatic rings. The normalized spacial score (nSPS) is 15.1. The molecule has 1 aliphatic rings. The quantitative estimate of drug-likeness (QED) is 0.850. The van der Waals surface area contributed by atoms with Crippen LogP contribution < -0.4 is 10.1 Å². The molecule has 0 radical (unpaired) electrons. The highest BCUT2D eigenvalue weighted by Crippen LogP contribution is 2.30. The lowest BCUT2D eigenvalue weighted by Crippen LogP contribution is -2.31. The molecule has 1 aromatic carbocycles. The van der Waals surface area contributed by atoms with Gasteiger partial charge in [0, 0.05) is 17.8 Å². The van der Waals surface area contributed by atoms with E-state index in [1.807, 2.05) is 51.1 Å². The molecule has 1 saturated carbocycles. The van der Waals surface area contributed by atoms with Crippen molar-refractivity contribution in [1.29, 1.82) is 0 Å². The maximum atomic E-state index is 12.5. The maximum absolute atomic E-state index is 12.5. The maximum Gasteiger partial charge on any atom is 0.244 e. The Labute approximate surface area is 143 Å². The van der Waals surface area contributed by atoms with Crippen LogP contribution in [0.4, 0.5) is 0 Å². The van der Waals surface area contributed by atoms with Gasteiger partial charge in [-0.1, -0.05) is 18.2 Å². The Bertz CT molecular complexity index is 719. The van der Waals surface area contributed by atoms with Gasteiger partial charge in [0.2, 0.25) is 5.91 Å². The van der Waals surface area contributed by atoms with E-state index in [4.69, 9.17) is 4.74 Å². The summed E-state index contributed by atoms with van der Waals surface area (Å²) in [4.78, 5) is 12.5. The second-order valence-electron chi connectivity index (χ2n) is 6.63. The Balaban J connectivity index is 1.60. The fourth-order valence-corrected chi connectivity index (χ4v) is 2.76. The first-order chi connectivity index (χ1) is 11.5. The number of carbonyl (C=O) groups excluding carboxylic acids is 1. The predicted molar refractivity (Wildman–Crippen MR) is 92.9 cm³/mol. The van der Waals surface area contributed by atoms with Crippen LogP contribution in [0.1, 0.15) is 42.8 Å². The average Bonchev–Trinajstić information content (AvgIpc) is 3.34. The van der Waals surface area contributed by atoms with Gasteiger partial charge < -0.3 is 10.1 Å².